The number of aromatic nitrogens is 2. The van der Waals surface area contributed by atoms with Crippen LogP contribution in [0.1, 0.15) is 35.4 Å². The number of hydrogen-bond acceptors (Lipinski definition) is 6. The molecule has 1 saturated heterocycles. The average molecular weight is 431 g/mol. The van der Waals surface area contributed by atoms with E-state index in [4.69, 9.17) is 0 Å². The molecule has 0 saturated carbocycles. The van der Waals surface area contributed by atoms with Crippen LogP contribution in [0.15, 0.2) is 23.1 Å². The van der Waals surface area contributed by atoms with Crippen LogP contribution in [0.4, 0.5) is 13.9 Å². The number of anilines is 1. The number of sulfonamides is 1. The molecule has 1 N–H and O–H groups in total. The van der Waals surface area contributed by atoms with Gasteiger partial charge in [0, 0.05) is 19.0 Å². The second-order valence-electron chi connectivity index (χ2n) is 6.66. The first kappa shape index (κ1) is 20.7. The fourth-order valence-corrected chi connectivity index (χ4v) is 5.12. The minimum absolute atomic E-state index is 0.0190. The molecule has 152 valence electrons. The molecule has 1 fully saturated rings. The minimum Gasteiger partial charge on any atom is -0.300 e. The molecule has 2 aromatic rings. The van der Waals surface area contributed by atoms with E-state index in [2.05, 4.69) is 15.5 Å². The van der Waals surface area contributed by atoms with Gasteiger partial charge in [-0.15, -0.1) is 10.2 Å². The summed E-state index contributed by atoms with van der Waals surface area (Å²) in [6.07, 6.45) is -2.05. The maximum atomic E-state index is 12.8. The summed E-state index contributed by atoms with van der Waals surface area (Å²) >= 11 is 0.627. The van der Waals surface area contributed by atoms with Gasteiger partial charge >= 0.3 is 0 Å². The van der Waals surface area contributed by atoms with Gasteiger partial charge in [-0.25, -0.2) is 17.2 Å². The molecule has 1 amide bonds. The van der Waals surface area contributed by atoms with Crippen molar-refractivity contribution in [1.82, 2.24) is 14.5 Å². The number of carbonyl (C=O) groups excluding carboxylic acids is 1. The fraction of sp³-hybridized carbons (Fsp3) is 0.471. The summed E-state index contributed by atoms with van der Waals surface area (Å²) in [5, 5.41) is 8.91. The molecule has 28 heavy (non-hydrogen) atoms. The predicted octanol–water partition coefficient (Wildman–Crippen LogP) is 3.13. The lowest BCUT2D eigenvalue weighted by Gasteiger charge is -2.30. The molecular weight excluding hydrogens is 410 g/mol. The first-order chi connectivity index (χ1) is 13.2. The van der Waals surface area contributed by atoms with Crippen LogP contribution in [0.25, 0.3) is 0 Å². The lowest BCUT2D eigenvalue weighted by atomic mass is 9.97. The van der Waals surface area contributed by atoms with Gasteiger partial charge in [-0.3, -0.25) is 4.79 Å². The molecule has 0 bridgehead atoms. The van der Waals surface area contributed by atoms with Crippen LogP contribution < -0.4 is 5.32 Å². The number of amides is 1. The number of rotatable bonds is 5. The van der Waals surface area contributed by atoms with Crippen LogP contribution in [0.3, 0.4) is 0 Å². The van der Waals surface area contributed by atoms with Gasteiger partial charge in [0.25, 0.3) is 6.43 Å². The third kappa shape index (κ3) is 4.36. The summed E-state index contributed by atoms with van der Waals surface area (Å²) < 4.78 is 52.1. The zero-order chi connectivity index (χ0) is 20.5. The van der Waals surface area contributed by atoms with Crippen molar-refractivity contribution in [3.63, 3.8) is 0 Å². The maximum Gasteiger partial charge on any atom is 0.291 e. The second kappa shape index (κ2) is 8.18. The molecule has 0 atom stereocenters. The lowest BCUT2D eigenvalue weighted by Crippen LogP contribution is -2.41. The minimum atomic E-state index is -3.62. The van der Waals surface area contributed by atoms with E-state index in [0.29, 0.717) is 24.2 Å². The molecule has 1 aromatic carbocycles. The van der Waals surface area contributed by atoms with E-state index in [9.17, 15) is 22.0 Å². The third-order valence-electron chi connectivity index (χ3n) is 4.80. The number of aryl methyl sites for hydroxylation is 2. The number of alkyl halides is 2. The Balaban J connectivity index is 1.61. The maximum absolute atomic E-state index is 12.8. The Morgan fingerprint density at radius 1 is 1.21 bits per heavy atom. The predicted molar refractivity (Wildman–Crippen MR) is 101 cm³/mol. The van der Waals surface area contributed by atoms with E-state index in [1.807, 2.05) is 13.8 Å². The van der Waals surface area contributed by atoms with Crippen molar-refractivity contribution in [1.29, 1.82) is 0 Å². The summed E-state index contributed by atoms with van der Waals surface area (Å²) in [5.41, 5.74) is 1.91. The smallest absolute Gasteiger partial charge is 0.291 e. The zero-order valence-electron chi connectivity index (χ0n) is 15.4. The van der Waals surface area contributed by atoms with Gasteiger partial charge in [0.05, 0.1) is 4.90 Å². The normalized spacial score (nSPS) is 16.5. The van der Waals surface area contributed by atoms with Crippen molar-refractivity contribution in [2.75, 3.05) is 18.4 Å². The van der Waals surface area contributed by atoms with Crippen LogP contribution in [0, 0.1) is 19.8 Å². The van der Waals surface area contributed by atoms with Crippen LogP contribution in [-0.2, 0) is 14.8 Å². The van der Waals surface area contributed by atoms with E-state index in [0.717, 1.165) is 11.1 Å². The molecule has 0 unspecified atom stereocenters. The number of piperidine rings is 1. The zero-order valence-corrected chi connectivity index (χ0v) is 17.0. The Bertz CT molecular complexity index is 971. The van der Waals surface area contributed by atoms with Crippen LogP contribution in [0.5, 0.6) is 0 Å². The molecule has 2 heterocycles. The average Bonchev–Trinajstić information content (AvgIpc) is 3.13. The molecule has 0 radical (unpaired) electrons. The highest BCUT2D eigenvalue weighted by atomic mass is 32.2. The lowest BCUT2D eigenvalue weighted by molar-refractivity contribution is -0.120. The Labute approximate surface area is 165 Å². The molecule has 0 spiro atoms. The van der Waals surface area contributed by atoms with Gasteiger partial charge in [-0.2, -0.15) is 4.31 Å². The highest BCUT2D eigenvalue weighted by Crippen LogP contribution is 2.28. The van der Waals surface area contributed by atoms with E-state index in [1.54, 1.807) is 18.2 Å². The molecule has 3 rings (SSSR count). The van der Waals surface area contributed by atoms with Crippen LogP contribution in [-0.4, -0.2) is 41.9 Å². The highest BCUT2D eigenvalue weighted by Gasteiger charge is 2.32. The van der Waals surface area contributed by atoms with E-state index < -0.39 is 27.4 Å². The van der Waals surface area contributed by atoms with E-state index in [1.165, 1.54) is 4.31 Å². The van der Waals surface area contributed by atoms with Crippen molar-refractivity contribution in [3.8, 4) is 0 Å². The second-order valence-corrected chi connectivity index (χ2v) is 9.61. The van der Waals surface area contributed by atoms with Crippen LogP contribution >= 0.6 is 11.3 Å². The number of carbonyl (C=O) groups is 1. The third-order valence-corrected chi connectivity index (χ3v) is 7.54. The van der Waals surface area contributed by atoms with Crippen molar-refractivity contribution in [2.24, 2.45) is 5.92 Å². The number of nitrogens with one attached hydrogen (secondary N) is 1. The highest BCUT2D eigenvalue weighted by molar-refractivity contribution is 7.89. The first-order valence-corrected chi connectivity index (χ1v) is 10.9. The molecule has 1 aromatic heterocycles. The summed E-state index contributed by atoms with van der Waals surface area (Å²) in [6, 6.07) is 5.02. The van der Waals surface area contributed by atoms with Crippen LogP contribution in [0.2, 0.25) is 0 Å². The molecule has 1 aliphatic heterocycles. The number of nitrogens with zero attached hydrogens (tertiary/aromatic N) is 3. The van der Waals surface area contributed by atoms with Gasteiger partial charge in [-0.1, -0.05) is 17.4 Å². The Hall–Kier alpha value is -1.98. The Kier molecular flexibility index (Phi) is 6.06. The van der Waals surface area contributed by atoms with Crippen molar-refractivity contribution in [3.05, 3.63) is 34.3 Å². The molecular formula is C17H20F2N4O3S2. The SMILES string of the molecule is Cc1ccc(S(=O)(=O)N2CCC(C(=O)Nc3nnc(C(F)F)s3)CC2)cc1C. The number of benzene rings is 1. The molecule has 1 aliphatic rings. The number of hydrogen-bond donors (Lipinski definition) is 1. The van der Waals surface area contributed by atoms with Gasteiger partial charge < -0.3 is 5.32 Å². The van der Waals surface area contributed by atoms with Crippen molar-refractivity contribution >= 4 is 32.4 Å². The van der Waals surface area contributed by atoms with Crippen molar-refractivity contribution < 1.29 is 22.0 Å². The molecule has 11 heteroatoms. The fourth-order valence-electron chi connectivity index (χ4n) is 2.96. The van der Waals surface area contributed by atoms with Gasteiger partial charge in [0.15, 0.2) is 5.01 Å². The van der Waals surface area contributed by atoms with E-state index >= 15 is 0 Å². The summed E-state index contributed by atoms with van der Waals surface area (Å²) in [6.45, 7) is 4.20. The van der Waals surface area contributed by atoms with Gasteiger partial charge in [-0.05, 0) is 49.9 Å². The standard InChI is InChI=1S/C17H20F2N4O3S2/c1-10-3-4-13(9-11(10)2)28(25,26)23-7-5-12(6-8-23)15(24)20-17-22-21-16(27-17)14(18)19/h3-4,9,12,14H,5-8H2,1-2H3,(H,20,22,24). The quantitative estimate of drug-likeness (QED) is 0.787. The Morgan fingerprint density at radius 2 is 1.89 bits per heavy atom. The molecule has 7 nitrogen and oxygen atoms in total. The van der Waals surface area contributed by atoms with Gasteiger partial charge in [0.2, 0.25) is 21.1 Å². The summed E-state index contributed by atoms with van der Waals surface area (Å²) in [4.78, 5) is 12.6. The van der Waals surface area contributed by atoms with E-state index in [-0.39, 0.29) is 29.0 Å². The summed E-state index contributed by atoms with van der Waals surface area (Å²) in [7, 11) is -3.62. The topological polar surface area (TPSA) is 92.3 Å². The summed E-state index contributed by atoms with van der Waals surface area (Å²) in [5.74, 6) is -0.773. The number of halogens is 2. The monoisotopic (exact) mass is 430 g/mol. The van der Waals surface area contributed by atoms with Crippen molar-refractivity contribution in [2.45, 2.75) is 38.0 Å². The van der Waals surface area contributed by atoms with Gasteiger partial charge in [0.1, 0.15) is 0 Å². The first-order valence-electron chi connectivity index (χ1n) is 8.68. The largest absolute Gasteiger partial charge is 0.300 e. The molecule has 0 aliphatic carbocycles. The Morgan fingerprint density at radius 3 is 2.46 bits per heavy atom.